The monoisotopic (exact) mass is 329 g/mol. The van der Waals surface area contributed by atoms with Crippen LogP contribution in [0.3, 0.4) is 0 Å². The van der Waals surface area contributed by atoms with Gasteiger partial charge in [-0.25, -0.2) is 0 Å². The zero-order chi connectivity index (χ0) is 16.2. The van der Waals surface area contributed by atoms with Gasteiger partial charge in [0.25, 0.3) is 0 Å². The Morgan fingerprint density at radius 1 is 1.39 bits per heavy atom. The molecule has 128 valence electrons. The van der Waals surface area contributed by atoms with Gasteiger partial charge in [-0.05, 0) is 19.3 Å². The molecule has 23 heavy (non-hydrogen) atoms. The average Bonchev–Trinajstić information content (AvgIpc) is 3.15. The van der Waals surface area contributed by atoms with Gasteiger partial charge in [-0.15, -0.1) is 0 Å². The summed E-state index contributed by atoms with van der Waals surface area (Å²) in [7, 11) is 1.53. The highest BCUT2D eigenvalue weighted by Crippen LogP contribution is 2.60. The molecule has 0 aromatic carbocycles. The Morgan fingerprint density at radius 2 is 2.13 bits per heavy atom. The zero-order valence-electron chi connectivity index (χ0n) is 13.2. The molecule has 7 heteroatoms. The molecule has 2 saturated carbocycles. The lowest BCUT2D eigenvalue weighted by Crippen LogP contribution is -2.67. The highest BCUT2D eigenvalue weighted by atomic mass is 19.4. The van der Waals surface area contributed by atoms with Crippen molar-refractivity contribution in [1.29, 1.82) is 0 Å². The molecule has 4 nitrogen and oxygen atoms in total. The van der Waals surface area contributed by atoms with Crippen molar-refractivity contribution in [2.45, 2.75) is 57.0 Å². The molecule has 3 atom stereocenters. The number of nitrogens with one attached hydrogen (secondary N) is 1. The number of hydrogen-bond donors (Lipinski definition) is 1. The Hall–Kier alpha value is -1.08. The van der Waals surface area contributed by atoms with Crippen LogP contribution < -0.4 is 5.32 Å². The van der Waals surface area contributed by atoms with Crippen LogP contribution in [0, 0.1) is 11.3 Å². The van der Waals surface area contributed by atoms with Crippen molar-refractivity contribution in [1.82, 2.24) is 15.1 Å². The number of hydrogen-bond acceptors (Lipinski definition) is 3. The molecule has 2 aliphatic carbocycles. The second-order valence-corrected chi connectivity index (χ2v) is 7.22. The van der Waals surface area contributed by atoms with Crippen LogP contribution in [0.2, 0.25) is 0 Å². The van der Waals surface area contributed by atoms with E-state index in [0.29, 0.717) is 12.0 Å². The summed E-state index contributed by atoms with van der Waals surface area (Å²) in [6.45, 7) is 1.01. The SMILES string of the molecule is Cn1cc(CN[C@@H]2[C@@H]3CCO[C@@H]3C23CCCC3)c(C(F)(F)F)n1. The van der Waals surface area contributed by atoms with E-state index in [1.54, 1.807) is 0 Å². The highest BCUT2D eigenvalue weighted by molar-refractivity contribution is 5.22. The molecular weight excluding hydrogens is 307 g/mol. The topological polar surface area (TPSA) is 39.1 Å². The Balaban J connectivity index is 1.51. The van der Waals surface area contributed by atoms with Gasteiger partial charge in [-0.1, -0.05) is 12.8 Å². The maximum absolute atomic E-state index is 13.1. The van der Waals surface area contributed by atoms with Crippen LogP contribution >= 0.6 is 0 Å². The lowest BCUT2D eigenvalue weighted by atomic mass is 9.54. The Morgan fingerprint density at radius 3 is 2.83 bits per heavy atom. The summed E-state index contributed by atoms with van der Waals surface area (Å²) in [5, 5.41) is 7.02. The highest BCUT2D eigenvalue weighted by Gasteiger charge is 2.64. The summed E-state index contributed by atoms with van der Waals surface area (Å²) in [5.41, 5.74) is -0.385. The van der Waals surface area contributed by atoms with Crippen molar-refractivity contribution in [3.05, 3.63) is 17.5 Å². The van der Waals surface area contributed by atoms with E-state index in [0.717, 1.165) is 25.9 Å². The molecule has 0 unspecified atom stereocenters. The summed E-state index contributed by atoms with van der Waals surface area (Å²) in [6.07, 6.45) is 3.06. The number of alkyl halides is 3. The van der Waals surface area contributed by atoms with Gasteiger partial charge in [0.15, 0.2) is 5.69 Å². The third-order valence-electron chi connectivity index (χ3n) is 5.97. The molecule has 0 radical (unpaired) electrons. The van der Waals surface area contributed by atoms with Gasteiger partial charge < -0.3 is 10.1 Å². The van der Waals surface area contributed by atoms with Crippen LogP contribution in [0.25, 0.3) is 0 Å². The lowest BCUT2D eigenvalue weighted by Gasteiger charge is -2.57. The standard InChI is InChI=1S/C16H22F3N3O/c1-22-9-10(12(21-22)16(17,18)19)8-20-13-11-4-7-23-14(11)15(13)5-2-3-6-15/h9,11,13-14,20H,2-8H2,1H3/t11-,13+,14-/m0/s1. The molecule has 1 saturated heterocycles. The number of halogens is 3. The van der Waals surface area contributed by atoms with Crippen molar-refractivity contribution in [2.75, 3.05) is 6.61 Å². The quantitative estimate of drug-likeness (QED) is 0.927. The smallest absolute Gasteiger partial charge is 0.377 e. The van der Waals surface area contributed by atoms with Gasteiger partial charge in [-0.2, -0.15) is 18.3 Å². The summed E-state index contributed by atoms with van der Waals surface area (Å²) in [5.74, 6) is 0.458. The predicted octanol–water partition coefficient (Wildman–Crippen LogP) is 2.88. The zero-order valence-corrected chi connectivity index (χ0v) is 13.2. The number of nitrogens with zero attached hydrogens (tertiary/aromatic N) is 2. The van der Waals surface area contributed by atoms with Crippen LogP contribution in [0.5, 0.6) is 0 Å². The second-order valence-electron chi connectivity index (χ2n) is 7.22. The van der Waals surface area contributed by atoms with Crippen molar-refractivity contribution >= 4 is 0 Å². The molecule has 1 N–H and O–H groups in total. The van der Waals surface area contributed by atoms with E-state index in [1.807, 2.05) is 0 Å². The lowest BCUT2D eigenvalue weighted by molar-refractivity contribution is -0.143. The van der Waals surface area contributed by atoms with Crippen LogP contribution in [-0.2, 0) is 24.5 Å². The van der Waals surface area contributed by atoms with E-state index in [2.05, 4.69) is 10.4 Å². The van der Waals surface area contributed by atoms with Crippen molar-refractivity contribution in [3.8, 4) is 0 Å². The molecule has 4 rings (SSSR count). The number of aromatic nitrogens is 2. The van der Waals surface area contributed by atoms with Crippen LogP contribution in [0.4, 0.5) is 13.2 Å². The van der Waals surface area contributed by atoms with E-state index in [9.17, 15) is 13.2 Å². The maximum atomic E-state index is 13.1. The number of rotatable bonds is 3. The van der Waals surface area contributed by atoms with Crippen LogP contribution in [0.15, 0.2) is 6.20 Å². The number of fused-ring (bicyclic) bond motifs is 2. The van der Waals surface area contributed by atoms with E-state index in [4.69, 9.17) is 4.74 Å². The first-order chi connectivity index (χ1) is 10.9. The molecule has 2 heterocycles. The summed E-state index contributed by atoms with van der Waals surface area (Å²) in [6, 6.07) is 0.277. The van der Waals surface area contributed by atoms with E-state index in [-0.39, 0.29) is 23.6 Å². The molecule has 1 aromatic rings. The molecule has 1 aliphatic heterocycles. The molecule has 0 bridgehead atoms. The number of aryl methyl sites for hydroxylation is 1. The van der Waals surface area contributed by atoms with E-state index >= 15 is 0 Å². The normalized spacial score (nSPS) is 32.3. The fourth-order valence-electron chi connectivity index (χ4n) is 5.13. The fourth-order valence-corrected chi connectivity index (χ4v) is 5.13. The van der Waals surface area contributed by atoms with Crippen molar-refractivity contribution < 1.29 is 17.9 Å². The molecule has 3 aliphatic rings. The third kappa shape index (κ3) is 2.31. The van der Waals surface area contributed by atoms with E-state index < -0.39 is 11.9 Å². The molecule has 1 aromatic heterocycles. The summed E-state index contributed by atoms with van der Waals surface area (Å²) < 4.78 is 46.4. The van der Waals surface area contributed by atoms with Crippen molar-refractivity contribution in [3.63, 3.8) is 0 Å². The molecule has 1 spiro atoms. The first-order valence-electron chi connectivity index (χ1n) is 8.36. The predicted molar refractivity (Wildman–Crippen MR) is 77.6 cm³/mol. The van der Waals surface area contributed by atoms with E-state index in [1.165, 1.54) is 30.8 Å². The second kappa shape index (κ2) is 5.21. The van der Waals surface area contributed by atoms with Gasteiger partial charge in [0, 0.05) is 49.3 Å². The first kappa shape index (κ1) is 15.4. The van der Waals surface area contributed by atoms with Gasteiger partial charge in [0.05, 0.1) is 6.10 Å². The van der Waals surface area contributed by atoms with Crippen molar-refractivity contribution in [2.24, 2.45) is 18.4 Å². The van der Waals surface area contributed by atoms with Gasteiger partial charge >= 0.3 is 6.18 Å². The average molecular weight is 329 g/mol. The number of ether oxygens (including phenoxy) is 1. The molecular formula is C16H22F3N3O. The largest absolute Gasteiger partial charge is 0.435 e. The Bertz CT molecular complexity index is 592. The maximum Gasteiger partial charge on any atom is 0.435 e. The van der Waals surface area contributed by atoms with Crippen LogP contribution in [0.1, 0.15) is 43.4 Å². The Labute approximate surface area is 133 Å². The molecule has 0 amide bonds. The minimum atomic E-state index is -4.40. The summed E-state index contributed by atoms with van der Waals surface area (Å²) in [4.78, 5) is 0. The summed E-state index contributed by atoms with van der Waals surface area (Å²) >= 11 is 0. The van der Waals surface area contributed by atoms with Gasteiger partial charge in [0.1, 0.15) is 0 Å². The van der Waals surface area contributed by atoms with Gasteiger partial charge in [0.2, 0.25) is 0 Å². The molecule has 3 fully saturated rings. The Kier molecular flexibility index (Phi) is 3.50. The first-order valence-corrected chi connectivity index (χ1v) is 8.36. The fraction of sp³-hybridized carbons (Fsp3) is 0.812. The van der Waals surface area contributed by atoms with Gasteiger partial charge in [-0.3, -0.25) is 4.68 Å². The minimum absolute atomic E-state index is 0.155. The van der Waals surface area contributed by atoms with Crippen LogP contribution in [-0.4, -0.2) is 28.5 Å². The minimum Gasteiger partial charge on any atom is -0.377 e. The third-order valence-corrected chi connectivity index (χ3v) is 5.97.